The van der Waals surface area contributed by atoms with Crippen LogP contribution in [0.15, 0.2) is 29.5 Å². The second-order valence-electron chi connectivity index (χ2n) is 9.77. The van der Waals surface area contributed by atoms with Crippen molar-refractivity contribution in [2.75, 3.05) is 6.54 Å². The molecule has 2 amide bonds. The Morgan fingerprint density at radius 2 is 2.03 bits per heavy atom. The molecule has 2 N–H and O–H groups in total. The molecule has 6 heteroatoms. The van der Waals surface area contributed by atoms with Gasteiger partial charge in [-0.05, 0) is 67.2 Å². The number of allylic oxidation sites excluding steroid dienone is 1. The molecular formula is C24H33ClN2O3. The van der Waals surface area contributed by atoms with Crippen LogP contribution in [0.2, 0.25) is 5.02 Å². The summed E-state index contributed by atoms with van der Waals surface area (Å²) in [5.41, 5.74) is 3.91. The first kappa shape index (κ1) is 22.7. The molecule has 1 fully saturated rings. The number of carboxylic acid groups (broad SMARTS) is 1. The van der Waals surface area contributed by atoms with Gasteiger partial charge < -0.3 is 10.4 Å². The monoisotopic (exact) mass is 432 g/mol. The number of carbonyl (C=O) groups excluding carboxylic acids is 1. The van der Waals surface area contributed by atoms with Crippen molar-refractivity contribution >= 4 is 23.6 Å². The van der Waals surface area contributed by atoms with E-state index in [1.807, 2.05) is 13.0 Å². The summed E-state index contributed by atoms with van der Waals surface area (Å²) in [4.78, 5) is 25.6. The van der Waals surface area contributed by atoms with Crippen LogP contribution in [-0.4, -0.2) is 28.6 Å². The first-order valence-corrected chi connectivity index (χ1v) is 11.2. The fourth-order valence-electron chi connectivity index (χ4n) is 4.64. The summed E-state index contributed by atoms with van der Waals surface area (Å²) in [6.45, 7) is 8.80. The largest absolute Gasteiger partial charge is 0.481 e. The van der Waals surface area contributed by atoms with E-state index in [0.29, 0.717) is 0 Å². The topological polar surface area (TPSA) is 69.6 Å². The van der Waals surface area contributed by atoms with Gasteiger partial charge in [-0.1, -0.05) is 50.9 Å². The number of aryl methyl sites for hydroxylation is 1. The molecule has 3 rings (SSSR count). The van der Waals surface area contributed by atoms with Gasteiger partial charge in [0, 0.05) is 17.3 Å². The van der Waals surface area contributed by atoms with Crippen molar-refractivity contribution in [2.45, 2.75) is 78.2 Å². The van der Waals surface area contributed by atoms with Gasteiger partial charge in [0.2, 0.25) is 0 Å². The van der Waals surface area contributed by atoms with Gasteiger partial charge in [-0.3, -0.25) is 9.69 Å². The highest BCUT2D eigenvalue weighted by Gasteiger charge is 2.45. The zero-order valence-electron chi connectivity index (χ0n) is 18.5. The van der Waals surface area contributed by atoms with Crippen molar-refractivity contribution in [3.8, 4) is 0 Å². The van der Waals surface area contributed by atoms with Gasteiger partial charge in [-0.2, -0.15) is 0 Å². The van der Waals surface area contributed by atoms with Crippen LogP contribution in [0, 0.1) is 5.41 Å². The normalized spacial score (nSPS) is 22.0. The number of hydrogen-bond donors (Lipinski definition) is 2. The predicted molar refractivity (Wildman–Crippen MR) is 120 cm³/mol. The molecule has 1 aliphatic heterocycles. The number of carboxylic acids is 1. The maximum Gasteiger partial charge on any atom is 0.322 e. The zero-order valence-corrected chi connectivity index (χ0v) is 19.2. The molecule has 0 saturated heterocycles. The minimum absolute atomic E-state index is 0.0701. The van der Waals surface area contributed by atoms with E-state index in [2.05, 4.69) is 38.2 Å². The molecule has 0 radical (unpaired) electrons. The van der Waals surface area contributed by atoms with E-state index >= 15 is 0 Å². The molecule has 0 spiro atoms. The fraction of sp³-hybridized carbons (Fsp3) is 0.583. The number of nitrogens with zero attached hydrogens (tertiary/aromatic N) is 1. The Morgan fingerprint density at radius 1 is 1.30 bits per heavy atom. The third-order valence-corrected chi connectivity index (χ3v) is 6.74. The molecule has 0 bridgehead atoms. The van der Waals surface area contributed by atoms with E-state index in [1.165, 1.54) is 5.57 Å². The maximum atomic E-state index is 13.0. The Balaban J connectivity index is 1.96. The Hall–Kier alpha value is -2.01. The Bertz CT molecular complexity index is 872. The van der Waals surface area contributed by atoms with Gasteiger partial charge in [-0.25, -0.2) is 4.79 Å². The molecule has 1 atom stereocenters. The average molecular weight is 433 g/mol. The molecule has 1 aromatic rings. The van der Waals surface area contributed by atoms with Crippen LogP contribution in [-0.2, 0) is 16.8 Å². The van der Waals surface area contributed by atoms with Crippen molar-refractivity contribution in [3.63, 3.8) is 0 Å². The molecule has 1 heterocycles. The number of fused-ring (bicyclic) bond motifs is 1. The quantitative estimate of drug-likeness (QED) is 0.591. The molecule has 2 aliphatic rings. The summed E-state index contributed by atoms with van der Waals surface area (Å²) in [6, 6.07) is 6.00. The van der Waals surface area contributed by atoms with E-state index in [4.69, 9.17) is 16.7 Å². The van der Waals surface area contributed by atoms with Crippen LogP contribution in [0.4, 0.5) is 4.79 Å². The van der Waals surface area contributed by atoms with Crippen LogP contribution >= 0.6 is 11.6 Å². The number of urea groups is 1. The van der Waals surface area contributed by atoms with Gasteiger partial charge in [0.25, 0.3) is 0 Å². The van der Waals surface area contributed by atoms with Crippen LogP contribution in [0.1, 0.15) is 77.3 Å². The summed E-state index contributed by atoms with van der Waals surface area (Å²) in [5.74, 6) is -0.904. The standard InChI is InChI=1S/C24H33ClN2O3/c1-16-19-7-5-6-12-24(19,26-22(30)27(16)14-11-21(28)29)18-9-8-17(20(25)15-18)10-13-23(2,3)4/h8-9,15H,5-7,10-14H2,1-4H3,(H,26,30)(H,28,29). The summed E-state index contributed by atoms with van der Waals surface area (Å²) in [6.07, 6.45) is 5.71. The maximum absolute atomic E-state index is 13.0. The molecule has 0 aromatic heterocycles. The molecule has 164 valence electrons. The highest BCUT2D eigenvalue weighted by atomic mass is 35.5. The van der Waals surface area contributed by atoms with Crippen LogP contribution in [0.25, 0.3) is 0 Å². The lowest BCUT2D eigenvalue weighted by molar-refractivity contribution is -0.137. The van der Waals surface area contributed by atoms with Crippen molar-refractivity contribution in [1.82, 2.24) is 10.2 Å². The van der Waals surface area contributed by atoms with Crippen molar-refractivity contribution in [3.05, 3.63) is 45.6 Å². The minimum atomic E-state index is -0.904. The summed E-state index contributed by atoms with van der Waals surface area (Å²) < 4.78 is 0. The van der Waals surface area contributed by atoms with Crippen LogP contribution in [0.5, 0.6) is 0 Å². The smallest absolute Gasteiger partial charge is 0.322 e. The number of benzene rings is 1. The van der Waals surface area contributed by atoms with Gasteiger partial charge in [0.1, 0.15) is 0 Å². The first-order valence-electron chi connectivity index (χ1n) is 10.8. The van der Waals surface area contributed by atoms with E-state index < -0.39 is 11.5 Å². The van der Waals surface area contributed by atoms with E-state index in [0.717, 1.165) is 60.4 Å². The van der Waals surface area contributed by atoms with Crippen molar-refractivity contribution < 1.29 is 14.7 Å². The van der Waals surface area contributed by atoms with Gasteiger partial charge in [0.15, 0.2) is 0 Å². The molecule has 1 saturated carbocycles. The third kappa shape index (κ3) is 4.66. The van der Waals surface area contributed by atoms with Crippen molar-refractivity contribution in [2.24, 2.45) is 5.41 Å². The Labute approximate surface area is 184 Å². The first-order chi connectivity index (χ1) is 14.0. The highest BCUT2D eigenvalue weighted by Crippen LogP contribution is 2.46. The summed E-state index contributed by atoms with van der Waals surface area (Å²) in [5, 5.41) is 13.0. The zero-order chi connectivity index (χ0) is 22.1. The minimum Gasteiger partial charge on any atom is -0.481 e. The van der Waals surface area contributed by atoms with Gasteiger partial charge in [-0.15, -0.1) is 0 Å². The molecule has 1 aromatic carbocycles. The number of rotatable bonds is 6. The highest BCUT2D eigenvalue weighted by molar-refractivity contribution is 6.31. The van der Waals surface area contributed by atoms with Gasteiger partial charge in [0.05, 0.1) is 12.0 Å². The lowest BCUT2D eigenvalue weighted by Crippen LogP contribution is -2.58. The fourth-order valence-corrected chi connectivity index (χ4v) is 4.92. The van der Waals surface area contributed by atoms with Crippen LogP contribution < -0.4 is 5.32 Å². The number of hydrogen-bond acceptors (Lipinski definition) is 2. The predicted octanol–water partition coefficient (Wildman–Crippen LogP) is 5.86. The summed E-state index contributed by atoms with van der Waals surface area (Å²) >= 11 is 6.69. The number of amides is 2. The van der Waals surface area contributed by atoms with E-state index in [1.54, 1.807) is 4.90 Å². The van der Waals surface area contributed by atoms with Crippen LogP contribution in [0.3, 0.4) is 0 Å². The molecular weight excluding hydrogens is 400 g/mol. The lowest BCUT2D eigenvalue weighted by Gasteiger charge is -2.48. The number of aliphatic carboxylic acids is 1. The SMILES string of the molecule is CC1=C2CCCCC2(c2ccc(CCC(C)(C)C)c(Cl)c2)NC(=O)N1CCC(=O)O. The Morgan fingerprint density at radius 3 is 2.67 bits per heavy atom. The average Bonchev–Trinajstić information content (AvgIpc) is 2.65. The lowest BCUT2D eigenvalue weighted by atomic mass is 9.70. The van der Waals surface area contributed by atoms with Crippen molar-refractivity contribution in [1.29, 1.82) is 0 Å². The van der Waals surface area contributed by atoms with Gasteiger partial charge >= 0.3 is 12.0 Å². The van der Waals surface area contributed by atoms with E-state index in [-0.39, 0.29) is 24.4 Å². The third-order valence-electron chi connectivity index (χ3n) is 6.39. The Kier molecular flexibility index (Phi) is 6.51. The number of nitrogens with one attached hydrogen (secondary N) is 1. The molecule has 5 nitrogen and oxygen atoms in total. The number of carbonyl (C=O) groups is 2. The number of halogens is 1. The second-order valence-corrected chi connectivity index (χ2v) is 10.2. The molecule has 1 aliphatic carbocycles. The molecule has 1 unspecified atom stereocenters. The second kappa shape index (κ2) is 8.62. The summed E-state index contributed by atoms with van der Waals surface area (Å²) in [7, 11) is 0. The molecule has 30 heavy (non-hydrogen) atoms. The van der Waals surface area contributed by atoms with E-state index in [9.17, 15) is 9.59 Å².